The summed E-state index contributed by atoms with van der Waals surface area (Å²) in [5, 5.41) is 9.16. The molecule has 1 saturated heterocycles. The maximum atomic E-state index is 15.5. The third-order valence-corrected chi connectivity index (χ3v) is 7.43. The lowest BCUT2D eigenvalue weighted by Gasteiger charge is -2.26. The summed E-state index contributed by atoms with van der Waals surface area (Å²) < 4.78 is 45.7. The van der Waals surface area contributed by atoms with Crippen LogP contribution in [0.5, 0.6) is 0 Å². The first-order chi connectivity index (χ1) is 14.5. The number of aromatic carboxylic acids is 1. The summed E-state index contributed by atoms with van der Waals surface area (Å²) in [7, 11) is 0. The molecule has 3 fully saturated rings. The molecule has 1 aliphatic heterocycles. The zero-order chi connectivity index (χ0) is 22.4. The molecule has 0 radical (unpaired) electrons. The van der Waals surface area contributed by atoms with Gasteiger partial charge in [-0.05, 0) is 30.7 Å². The van der Waals surface area contributed by atoms with Crippen molar-refractivity contribution in [1.29, 1.82) is 0 Å². The molecular formula is C22H24F3N3O3. The van der Waals surface area contributed by atoms with Crippen molar-refractivity contribution in [3.8, 4) is 0 Å². The molecule has 9 heteroatoms. The number of pyridine rings is 1. The molecular weight excluding hydrogens is 411 g/mol. The maximum Gasteiger partial charge on any atom is 0.341 e. The first-order valence-corrected chi connectivity index (χ1v) is 10.5. The third-order valence-electron chi connectivity index (χ3n) is 7.43. The van der Waals surface area contributed by atoms with E-state index in [2.05, 4.69) is 0 Å². The molecule has 2 aliphatic carbocycles. The van der Waals surface area contributed by atoms with Gasteiger partial charge in [-0.25, -0.2) is 18.0 Å². The predicted octanol–water partition coefficient (Wildman–Crippen LogP) is 3.59. The van der Waals surface area contributed by atoms with Gasteiger partial charge in [0.2, 0.25) is 5.43 Å². The van der Waals surface area contributed by atoms with E-state index in [0.29, 0.717) is 12.1 Å². The van der Waals surface area contributed by atoms with Gasteiger partial charge < -0.3 is 20.3 Å². The molecule has 0 bridgehead atoms. The number of carboxylic acids is 1. The largest absolute Gasteiger partial charge is 0.477 e. The fourth-order valence-electron chi connectivity index (χ4n) is 5.18. The quantitative estimate of drug-likeness (QED) is 0.717. The molecule has 3 N–H and O–H groups in total. The van der Waals surface area contributed by atoms with Crippen LogP contribution < -0.4 is 16.1 Å². The van der Waals surface area contributed by atoms with Crippen molar-refractivity contribution in [2.24, 2.45) is 11.3 Å². The van der Waals surface area contributed by atoms with E-state index in [1.54, 1.807) is 11.8 Å². The summed E-state index contributed by atoms with van der Waals surface area (Å²) in [6.45, 7) is 3.96. The van der Waals surface area contributed by atoms with Crippen LogP contribution >= 0.6 is 0 Å². The van der Waals surface area contributed by atoms with E-state index >= 15 is 4.39 Å². The minimum Gasteiger partial charge on any atom is -0.477 e. The second kappa shape index (κ2) is 6.40. The number of halogens is 3. The van der Waals surface area contributed by atoms with Crippen LogP contribution in [0.2, 0.25) is 0 Å². The number of aryl methyl sites for hydroxylation is 1. The molecule has 0 spiro atoms. The van der Waals surface area contributed by atoms with Crippen LogP contribution in [0.3, 0.4) is 0 Å². The van der Waals surface area contributed by atoms with Crippen LogP contribution in [-0.4, -0.2) is 41.1 Å². The molecule has 31 heavy (non-hydrogen) atoms. The Morgan fingerprint density at radius 3 is 2.45 bits per heavy atom. The average Bonchev–Trinajstić information content (AvgIpc) is 3.58. The van der Waals surface area contributed by atoms with Crippen LogP contribution in [0.4, 0.5) is 24.5 Å². The van der Waals surface area contributed by atoms with Gasteiger partial charge in [0, 0.05) is 31.6 Å². The second-order valence-corrected chi connectivity index (χ2v) is 9.51. The molecule has 2 aromatic rings. The number of rotatable bonds is 4. The molecule has 166 valence electrons. The van der Waals surface area contributed by atoms with E-state index < -0.39 is 46.9 Å². The van der Waals surface area contributed by atoms with Crippen LogP contribution in [0, 0.1) is 24.1 Å². The highest BCUT2D eigenvalue weighted by atomic mass is 19.1. The molecule has 3 aliphatic rings. The Hall–Kier alpha value is -2.71. The summed E-state index contributed by atoms with van der Waals surface area (Å²) in [5.74, 6) is -2.57. The molecule has 6 nitrogen and oxygen atoms in total. The lowest BCUT2D eigenvalue weighted by Crippen LogP contribution is -2.26. The number of fused-ring (bicyclic) bond motifs is 1. The Kier molecular flexibility index (Phi) is 4.17. The Morgan fingerprint density at radius 1 is 1.26 bits per heavy atom. The number of aromatic nitrogens is 1. The number of benzene rings is 1. The molecule has 4 unspecified atom stereocenters. The monoisotopic (exact) mass is 435 g/mol. The minimum absolute atomic E-state index is 0.00949. The smallest absolute Gasteiger partial charge is 0.341 e. The SMILES string of the molecule is Cc1c(N2CC(F)C(C3(C)CC3)C2)c(F)c(N)c2c(=O)c(C(=O)O)cn(C3CC3F)c12. The Morgan fingerprint density at radius 2 is 1.90 bits per heavy atom. The Labute approximate surface area is 176 Å². The van der Waals surface area contributed by atoms with Crippen molar-refractivity contribution >= 4 is 28.2 Å². The highest BCUT2D eigenvalue weighted by Crippen LogP contribution is 2.55. The molecule has 2 saturated carbocycles. The maximum absolute atomic E-state index is 15.5. The van der Waals surface area contributed by atoms with Gasteiger partial charge in [0.25, 0.3) is 0 Å². The summed E-state index contributed by atoms with van der Waals surface area (Å²) in [4.78, 5) is 26.0. The molecule has 1 aromatic heterocycles. The van der Waals surface area contributed by atoms with E-state index in [1.165, 1.54) is 4.57 Å². The highest BCUT2D eigenvalue weighted by Gasteiger charge is 2.52. The highest BCUT2D eigenvalue weighted by molar-refractivity contribution is 6.01. The molecule has 4 atom stereocenters. The van der Waals surface area contributed by atoms with E-state index in [-0.39, 0.29) is 40.9 Å². The average molecular weight is 435 g/mol. The third kappa shape index (κ3) is 2.85. The van der Waals surface area contributed by atoms with Gasteiger partial charge in [0.15, 0.2) is 5.82 Å². The van der Waals surface area contributed by atoms with E-state index in [0.717, 1.165) is 19.0 Å². The van der Waals surface area contributed by atoms with E-state index in [1.807, 2.05) is 6.92 Å². The van der Waals surface area contributed by atoms with E-state index in [9.17, 15) is 23.5 Å². The van der Waals surface area contributed by atoms with Gasteiger partial charge in [-0.15, -0.1) is 0 Å². The zero-order valence-electron chi connectivity index (χ0n) is 17.3. The topological polar surface area (TPSA) is 88.6 Å². The van der Waals surface area contributed by atoms with Crippen LogP contribution in [0.1, 0.15) is 48.1 Å². The predicted molar refractivity (Wildman–Crippen MR) is 111 cm³/mol. The van der Waals surface area contributed by atoms with Gasteiger partial charge in [-0.2, -0.15) is 0 Å². The number of nitrogen functional groups attached to an aromatic ring is 1. The van der Waals surface area contributed by atoms with Crippen LogP contribution in [0.25, 0.3) is 10.9 Å². The van der Waals surface area contributed by atoms with Crippen molar-refractivity contribution in [1.82, 2.24) is 4.57 Å². The van der Waals surface area contributed by atoms with Crippen LogP contribution in [0.15, 0.2) is 11.0 Å². The lowest BCUT2D eigenvalue weighted by molar-refractivity contribution is 0.0694. The van der Waals surface area contributed by atoms with Crippen molar-refractivity contribution < 1.29 is 23.1 Å². The number of carbonyl (C=O) groups is 1. The van der Waals surface area contributed by atoms with Crippen molar-refractivity contribution in [3.05, 3.63) is 33.4 Å². The standard InChI is InChI=1S/C22H24F3N3O3/c1-9-18-15(20(29)10(21(30)31)6-28(18)14-5-12(14)23)17(26)16(25)19(9)27-7-11(13(24)8-27)22(2)3-4-22/h6,11-14H,3-5,7-8,26H2,1-2H3,(H,30,31). The zero-order valence-corrected chi connectivity index (χ0v) is 17.3. The van der Waals surface area contributed by atoms with Gasteiger partial charge in [-0.3, -0.25) is 4.79 Å². The fourth-order valence-corrected chi connectivity index (χ4v) is 5.18. The van der Waals surface area contributed by atoms with Gasteiger partial charge in [-0.1, -0.05) is 6.92 Å². The number of hydrogen-bond acceptors (Lipinski definition) is 4. The summed E-state index contributed by atoms with van der Waals surface area (Å²) in [5.41, 5.74) is 4.61. The van der Waals surface area contributed by atoms with Crippen molar-refractivity contribution in [2.75, 3.05) is 23.7 Å². The number of hydrogen-bond donors (Lipinski definition) is 2. The second-order valence-electron chi connectivity index (χ2n) is 9.51. The summed E-state index contributed by atoms with van der Waals surface area (Å²) in [6, 6.07) is -0.650. The molecule has 2 heterocycles. The summed E-state index contributed by atoms with van der Waals surface area (Å²) >= 11 is 0. The molecule has 5 rings (SSSR count). The van der Waals surface area contributed by atoms with Crippen molar-refractivity contribution in [2.45, 2.75) is 51.5 Å². The Bertz CT molecular complexity index is 1190. The normalized spacial score (nSPS) is 28.9. The number of anilines is 2. The number of nitrogens with two attached hydrogens (primary N) is 1. The summed E-state index contributed by atoms with van der Waals surface area (Å²) in [6.07, 6.45) is 0.844. The Balaban J connectivity index is 1.74. The number of alkyl halides is 2. The number of nitrogens with zero attached hydrogens (tertiary/aromatic N) is 2. The van der Waals surface area contributed by atoms with E-state index in [4.69, 9.17) is 5.73 Å². The minimum atomic E-state index is -1.49. The van der Waals surface area contributed by atoms with Gasteiger partial charge in [0.05, 0.1) is 28.3 Å². The molecule has 0 amide bonds. The lowest BCUT2D eigenvalue weighted by atomic mass is 9.89. The molecule has 1 aromatic carbocycles. The van der Waals surface area contributed by atoms with Crippen molar-refractivity contribution in [3.63, 3.8) is 0 Å². The van der Waals surface area contributed by atoms with Crippen LogP contribution in [-0.2, 0) is 0 Å². The first kappa shape index (κ1) is 20.2. The fraction of sp³-hybridized carbons (Fsp3) is 0.545. The first-order valence-electron chi connectivity index (χ1n) is 10.5. The van der Waals surface area contributed by atoms with Gasteiger partial charge in [0.1, 0.15) is 17.9 Å². The number of carboxylic acid groups (broad SMARTS) is 1. The van der Waals surface area contributed by atoms with Gasteiger partial charge >= 0.3 is 5.97 Å².